The molecule has 1 aliphatic heterocycles. The van der Waals surface area contributed by atoms with Crippen molar-refractivity contribution in [3.63, 3.8) is 0 Å². The van der Waals surface area contributed by atoms with Crippen molar-refractivity contribution in [2.45, 2.75) is 13.5 Å². The normalized spacial score (nSPS) is 12.7. The monoisotopic (exact) mass is 171 g/mol. The van der Waals surface area contributed by atoms with Crippen LogP contribution in [0.3, 0.4) is 0 Å². The van der Waals surface area contributed by atoms with Gasteiger partial charge in [-0.1, -0.05) is 22.9 Å². The van der Waals surface area contributed by atoms with Crippen LogP contribution in [0.25, 0.3) is 5.69 Å². The summed E-state index contributed by atoms with van der Waals surface area (Å²) in [6, 6.07) is 10.7. The van der Waals surface area contributed by atoms with E-state index in [2.05, 4.69) is 52.8 Å². The number of hydrogen-bond acceptors (Lipinski definition) is 0. The molecule has 2 heterocycles. The summed E-state index contributed by atoms with van der Waals surface area (Å²) in [6.07, 6.45) is 2.13. The number of aryl methyl sites for hydroxylation is 1. The van der Waals surface area contributed by atoms with Crippen molar-refractivity contribution >= 4 is 0 Å². The predicted octanol–water partition coefficient (Wildman–Crippen LogP) is 1.43. The van der Waals surface area contributed by atoms with Crippen molar-refractivity contribution in [1.82, 2.24) is 4.68 Å². The molecular formula is C11H11N2+. The van der Waals surface area contributed by atoms with Gasteiger partial charge in [-0.25, -0.2) is 0 Å². The minimum atomic E-state index is 1.01. The first-order chi connectivity index (χ1) is 6.36. The van der Waals surface area contributed by atoms with E-state index in [1.165, 1.54) is 16.9 Å². The molecule has 1 aliphatic rings. The van der Waals surface area contributed by atoms with E-state index in [0.29, 0.717) is 0 Å². The standard InChI is InChI=1S/C11H11N2/c1-9-6-7-12-11-5-3-2-4-10(11)8-13(9)12/h2-7H,8H2,1H3/q+1. The Morgan fingerprint density at radius 1 is 1.23 bits per heavy atom. The van der Waals surface area contributed by atoms with Crippen molar-refractivity contribution in [2.75, 3.05) is 0 Å². The molecule has 0 N–H and O–H groups in total. The molecule has 0 spiro atoms. The number of aromatic nitrogens is 2. The lowest BCUT2D eigenvalue weighted by atomic mass is 10.2. The van der Waals surface area contributed by atoms with Gasteiger partial charge < -0.3 is 0 Å². The van der Waals surface area contributed by atoms with Crippen LogP contribution < -0.4 is 4.68 Å². The van der Waals surface area contributed by atoms with Crippen molar-refractivity contribution in [3.8, 4) is 5.69 Å². The second kappa shape index (κ2) is 2.22. The molecule has 0 radical (unpaired) electrons. The van der Waals surface area contributed by atoms with Crippen LogP contribution in [0.4, 0.5) is 0 Å². The Morgan fingerprint density at radius 2 is 2.08 bits per heavy atom. The molecule has 0 amide bonds. The van der Waals surface area contributed by atoms with Crippen molar-refractivity contribution in [3.05, 3.63) is 47.8 Å². The molecular weight excluding hydrogens is 160 g/mol. The highest BCUT2D eigenvalue weighted by Gasteiger charge is 2.26. The zero-order chi connectivity index (χ0) is 8.84. The molecule has 0 bridgehead atoms. The summed E-state index contributed by atoms with van der Waals surface area (Å²) in [6.45, 7) is 3.15. The van der Waals surface area contributed by atoms with Gasteiger partial charge in [-0.3, -0.25) is 0 Å². The van der Waals surface area contributed by atoms with Gasteiger partial charge >= 0.3 is 0 Å². The van der Waals surface area contributed by atoms with E-state index in [4.69, 9.17) is 0 Å². The summed E-state index contributed by atoms with van der Waals surface area (Å²) >= 11 is 0. The number of fused-ring (bicyclic) bond motifs is 3. The van der Waals surface area contributed by atoms with E-state index < -0.39 is 0 Å². The van der Waals surface area contributed by atoms with Crippen molar-refractivity contribution in [1.29, 1.82) is 0 Å². The van der Waals surface area contributed by atoms with E-state index in [9.17, 15) is 0 Å². The van der Waals surface area contributed by atoms with Gasteiger partial charge in [-0.2, -0.15) is 0 Å². The quantitative estimate of drug-likeness (QED) is 0.452. The fourth-order valence-electron chi connectivity index (χ4n) is 1.96. The molecule has 1 aromatic heterocycles. The minimum absolute atomic E-state index is 1.01. The average molecular weight is 171 g/mol. The van der Waals surface area contributed by atoms with Gasteiger partial charge in [-0.15, -0.1) is 4.68 Å². The maximum atomic E-state index is 2.28. The summed E-state index contributed by atoms with van der Waals surface area (Å²) in [7, 11) is 0. The third-order valence-electron chi connectivity index (χ3n) is 2.68. The lowest BCUT2D eigenvalue weighted by Crippen LogP contribution is -2.35. The predicted molar refractivity (Wildman–Crippen MR) is 49.8 cm³/mol. The number of benzene rings is 1. The number of rotatable bonds is 0. The van der Waals surface area contributed by atoms with Crippen molar-refractivity contribution in [2.24, 2.45) is 0 Å². The largest absolute Gasteiger partial charge is 0.241 e. The maximum Gasteiger partial charge on any atom is 0.241 e. The van der Waals surface area contributed by atoms with Gasteiger partial charge in [0.15, 0.2) is 0 Å². The lowest BCUT2D eigenvalue weighted by molar-refractivity contribution is -0.676. The summed E-state index contributed by atoms with van der Waals surface area (Å²) in [4.78, 5) is 0. The Kier molecular flexibility index (Phi) is 1.18. The molecule has 2 nitrogen and oxygen atoms in total. The van der Waals surface area contributed by atoms with E-state index in [-0.39, 0.29) is 0 Å². The van der Waals surface area contributed by atoms with Crippen LogP contribution in [0.5, 0.6) is 0 Å². The Hall–Kier alpha value is -1.57. The highest BCUT2D eigenvalue weighted by molar-refractivity contribution is 5.35. The lowest BCUT2D eigenvalue weighted by Gasteiger charge is -1.89. The van der Waals surface area contributed by atoms with E-state index in [0.717, 1.165) is 6.54 Å². The maximum absolute atomic E-state index is 2.28. The summed E-state index contributed by atoms with van der Waals surface area (Å²) < 4.78 is 4.50. The minimum Gasteiger partial charge on any atom is -0.148 e. The molecule has 3 rings (SSSR count). The number of nitrogens with zero attached hydrogens (tertiary/aromatic N) is 2. The number of para-hydroxylation sites is 1. The molecule has 0 atom stereocenters. The van der Waals surface area contributed by atoms with Crippen LogP contribution >= 0.6 is 0 Å². The van der Waals surface area contributed by atoms with Crippen LogP contribution in [0.1, 0.15) is 11.3 Å². The van der Waals surface area contributed by atoms with Gasteiger partial charge in [0, 0.05) is 12.1 Å². The first-order valence-electron chi connectivity index (χ1n) is 4.52. The van der Waals surface area contributed by atoms with Crippen LogP contribution in [0, 0.1) is 6.92 Å². The van der Waals surface area contributed by atoms with Crippen LogP contribution in [0.15, 0.2) is 36.5 Å². The summed E-state index contributed by atoms with van der Waals surface area (Å²) in [5.41, 5.74) is 4.04. The van der Waals surface area contributed by atoms with E-state index in [1.807, 2.05) is 0 Å². The average Bonchev–Trinajstić information content (AvgIpc) is 2.67. The van der Waals surface area contributed by atoms with Gasteiger partial charge in [-0.05, 0) is 6.92 Å². The molecule has 0 saturated carbocycles. The van der Waals surface area contributed by atoms with Gasteiger partial charge in [0.05, 0.1) is 11.3 Å². The molecule has 2 aromatic rings. The molecule has 0 aliphatic carbocycles. The fourth-order valence-corrected chi connectivity index (χ4v) is 1.96. The van der Waals surface area contributed by atoms with Crippen LogP contribution in [-0.2, 0) is 6.54 Å². The molecule has 0 saturated heterocycles. The Labute approximate surface area is 77.0 Å². The van der Waals surface area contributed by atoms with Crippen LogP contribution in [0.2, 0.25) is 0 Å². The molecule has 1 aromatic carbocycles. The number of hydrogen-bond donors (Lipinski definition) is 0. The first kappa shape index (κ1) is 6.89. The SMILES string of the molecule is Cc1cc[n+]2n1Cc1ccccc1-2. The van der Waals surface area contributed by atoms with Gasteiger partial charge in [0.2, 0.25) is 11.9 Å². The highest BCUT2D eigenvalue weighted by atomic mass is 15.4. The molecule has 13 heavy (non-hydrogen) atoms. The summed E-state index contributed by atoms with van der Waals surface area (Å²) in [5.74, 6) is 0. The molecule has 2 heteroatoms. The Morgan fingerprint density at radius 3 is 3.00 bits per heavy atom. The summed E-state index contributed by atoms with van der Waals surface area (Å²) in [5, 5.41) is 0. The molecule has 64 valence electrons. The highest BCUT2D eigenvalue weighted by Crippen LogP contribution is 2.16. The fraction of sp³-hybridized carbons (Fsp3) is 0.182. The van der Waals surface area contributed by atoms with Gasteiger partial charge in [0.1, 0.15) is 6.54 Å². The second-order valence-corrected chi connectivity index (χ2v) is 3.49. The second-order valence-electron chi connectivity index (χ2n) is 3.49. The zero-order valence-corrected chi connectivity index (χ0v) is 7.57. The van der Waals surface area contributed by atoms with E-state index in [1.54, 1.807) is 0 Å². The smallest absolute Gasteiger partial charge is 0.148 e. The Bertz CT molecular complexity index is 469. The third kappa shape index (κ3) is 0.800. The third-order valence-corrected chi connectivity index (χ3v) is 2.68. The zero-order valence-electron chi connectivity index (χ0n) is 7.57. The molecule has 0 unspecified atom stereocenters. The Balaban J connectivity index is 2.32. The van der Waals surface area contributed by atoms with Crippen LogP contribution in [-0.4, -0.2) is 4.68 Å². The molecule has 0 fully saturated rings. The van der Waals surface area contributed by atoms with Crippen molar-refractivity contribution < 1.29 is 4.68 Å². The van der Waals surface area contributed by atoms with Gasteiger partial charge in [0.25, 0.3) is 0 Å². The van der Waals surface area contributed by atoms with E-state index >= 15 is 0 Å². The first-order valence-corrected chi connectivity index (χ1v) is 4.52. The topological polar surface area (TPSA) is 8.81 Å².